The highest BCUT2D eigenvalue weighted by atomic mass is 35.5. The molecule has 26 heavy (non-hydrogen) atoms. The molecule has 0 saturated heterocycles. The van der Waals surface area contributed by atoms with Crippen LogP contribution < -0.4 is 10.1 Å². The highest BCUT2D eigenvalue weighted by Crippen LogP contribution is 2.26. The first kappa shape index (κ1) is 19.6. The molecular formula is C19H20ClNO5. The fraction of sp³-hybridized carbons (Fsp3) is 0.263. The van der Waals surface area contributed by atoms with Gasteiger partial charge in [-0.3, -0.25) is 4.79 Å². The molecule has 2 aromatic rings. The molecule has 0 radical (unpaired) electrons. The van der Waals surface area contributed by atoms with Gasteiger partial charge in [0.05, 0.1) is 7.11 Å². The number of benzene rings is 2. The second kappa shape index (κ2) is 9.68. The third-order valence-corrected chi connectivity index (χ3v) is 3.89. The van der Waals surface area contributed by atoms with Gasteiger partial charge in [0.1, 0.15) is 18.5 Å². The Kier molecular flexibility index (Phi) is 7.29. The predicted molar refractivity (Wildman–Crippen MR) is 97.3 cm³/mol. The van der Waals surface area contributed by atoms with E-state index in [-0.39, 0.29) is 30.4 Å². The van der Waals surface area contributed by atoms with Crippen molar-refractivity contribution in [1.29, 1.82) is 0 Å². The van der Waals surface area contributed by atoms with Crippen LogP contribution in [0.25, 0.3) is 0 Å². The summed E-state index contributed by atoms with van der Waals surface area (Å²) >= 11 is 5.53. The Balaban J connectivity index is 2.09. The second-order valence-corrected chi connectivity index (χ2v) is 5.82. The van der Waals surface area contributed by atoms with E-state index in [4.69, 9.17) is 21.1 Å². The minimum absolute atomic E-state index is 0.00996. The van der Waals surface area contributed by atoms with Gasteiger partial charge < -0.3 is 19.9 Å². The third kappa shape index (κ3) is 5.67. The smallest absolute Gasteiger partial charge is 0.329 e. The number of hydrogen-bond acceptors (Lipinski definition) is 5. The monoisotopic (exact) mass is 377 g/mol. The normalized spacial score (nSPS) is 11.5. The highest BCUT2D eigenvalue weighted by Gasteiger charge is 2.23. The summed E-state index contributed by atoms with van der Waals surface area (Å²) in [5, 5.41) is 12.2. The quantitative estimate of drug-likeness (QED) is 0.545. The SMILES string of the molecule is COc1cc(CC(NC(=O)CCl)C(=O)OCc2ccccc2)ccc1O. The molecule has 7 heteroatoms. The van der Waals surface area contributed by atoms with Gasteiger partial charge in [-0.05, 0) is 23.3 Å². The number of carbonyl (C=O) groups is 2. The molecule has 6 nitrogen and oxygen atoms in total. The third-order valence-electron chi connectivity index (χ3n) is 3.65. The number of hydrogen-bond donors (Lipinski definition) is 2. The number of phenols is 1. The fourth-order valence-electron chi connectivity index (χ4n) is 2.34. The Labute approximate surface area is 156 Å². The Morgan fingerprint density at radius 2 is 1.88 bits per heavy atom. The topological polar surface area (TPSA) is 84.9 Å². The Hall–Kier alpha value is -2.73. The van der Waals surface area contributed by atoms with E-state index in [1.165, 1.54) is 13.2 Å². The van der Waals surface area contributed by atoms with E-state index in [9.17, 15) is 14.7 Å². The molecule has 1 unspecified atom stereocenters. The van der Waals surface area contributed by atoms with Crippen LogP contribution in [0.5, 0.6) is 11.5 Å². The molecule has 0 heterocycles. The summed E-state index contributed by atoms with van der Waals surface area (Å²) in [6, 6.07) is 13.0. The van der Waals surface area contributed by atoms with E-state index in [1.54, 1.807) is 12.1 Å². The van der Waals surface area contributed by atoms with Crippen LogP contribution in [-0.4, -0.2) is 36.0 Å². The lowest BCUT2D eigenvalue weighted by molar-refractivity contribution is -0.148. The number of methoxy groups -OCH3 is 1. The van der Waals surface area contributed by atoms with E-state index in [0.717, 1.165) is 5.56 Å². The number of phenolic OH excluding ortho intramolecular Hbond substituents is 1. The zero-order valence-corrected chi connectivity index (χ0v) is 15.0. The summed E-state index contributed by atoms with van der Waals surface area (Å²) in [5.74, 6) is -1.04. The summed E-state index contributed by atoms with van der Waals surface area (Å²) in [5.41, 5.74) is 1.53. The van der Waals surface area contributed by atoms with Gasteiger partial charge in [-0.2, -0.15) is 0 Å². The number of aromatic hydroxyl groups is 1. The van der Waals surface area contributed by atoms with Crippen molar-refractivity contribution in [2.75, 3.05) is 13.0 Å². The number of esters is 1. The van der Waals surface area contributed by atoms with Crippen LogP contribution in [0.4, 0.5) is 0 Å². The summed E-state index contributed by atoms with van der Waals surface area (Å²) < 4.78 is 10.4. The van der Waals surface area contributed by atoms with Gasteiger partial charge in [0.2, 0.25) is 5.91 Å². The molecular weight excluding hydrogens is 358 g/mol. The van der Waals surface area contributed by atoms with Crippen LogP contribution in [0.2, 0.25) is 0 Å². The van der Waals surface area contributed by atoms with E-state index in [2.05, 4.69) is 5.32 Å². The van der Waals surface area contributed by atoms with E-state index in [1.807, 2.05) is 30.3 Å². The summed E-state index contributed by atoms with van der Waals surface area (Å²) in [7, 11) is 1.43. The van der Waals surface area contributed by atoms with Gasteiger partial charge in [0, 0.05) is 6.42 Å². The van der Waals surface area contributed by atoms with Crippen molar-refractivity contribution in [2.24, 2.45) is 0 Å². The second-order valence-electron chi connectivity index (χ2n) is 5.56. The number of nitrogens with one attached hydrogen (secondary N) is 1. The van der Waals surface area contributed by atoms with Crippen LogP contribution in [0, 0.1) is 0 Å². The Morgan fingerprint density at radius 3 is 2.54 bits per heavy atom. The van der Waals surface area contributed by atoms with Gasteiger partial charge in [0.25, 0.3) is 0 Å². The van der Waals surface area contributed by atoms with E-state index < -0.39 is 17.9 Å². The van der Waals surface area contributed by atoms with Crippen LogP contribution in [0.15, 0.2) is 48.5 Å². The largest absolute Gasteiger partial charge is 0.504 e. The Morgan fingerprint density at radius 1 is 1.15 bits per heavy atom. The number of alkyl halides is 1. The molecule has 0 aliphatic carbocycles. The predicted octanol–water partition coefficient (Wildman–Crippen LogP) is 2.41. The molecule has 0 aliphatic heterocycles. The minimum Gasteiger partial charge on any atom is -0.504 e. The lowest BCUT2D eigenvalue weighted by Crippen LogP contribution is -2.43. The van der Waals surface area contributed by atoms with Gasteiger partial charge in [0.15, 0.2) is 11.5 Å². The highest BCUT2D eigenvalue weighted by molar-refractivity contribution is 6.27. The molecule has 0 fully saturated rings. The fourth-order valence-corrected chi connectivity index (χ4v) is 2.42. The molecule has 0 saturated carbocycles. The van der Waals surface area contributed by atoms with Gasteiger partial charge in [-0.15, -0.1) is 11.6 Å². The summed E-state index contributed by atoms with van der Waals surface area (Å²) in [6.45, 7) is 0.103. The summed E-state index contributed by atoms with van der Waals surface area (Å²) in [4.78, 5) is 24.1. The number of amides is 1. The molecule has 2 aromatic carbocycles. The molecule has 138 valence electrons. The van der Waals surface area contributed by atoms with Crippen molar-refractivity contribution in [3.63, 3.8) is 0 Å². The standard InChI is InChI=1S/C19H20ClNO5/c1-25-17-10-14(7-8-16(17)22)9-15(21-18(23)11-20)19(24)26-12-13-5-3-2-4-6-13/h2-8,10,15,22H,9,11-12H2,1H3,(H,21,23). The minimum atomic E-state index is -0.904. The van der Waals surface area contributed by atoms with Crippen molar-refractivity contribution in [1.82, 2.24) is 5.32 Å². The van der Waals surface area contributed by atoms with Crippen molar-refractivity contribution in [3.8, 4) is 11.5 Å². The van der Waals surface area contributed by atoms with Gasteiger partial charge in [-0.1, -0.05) is 36.4 Å². The number of halogens is 1. The zero-order chi connectivity index (χ0) is 18.9. The molecule has 0 aromatic heterocycles. The molecule has 0 spiro atoms. The Bertz CT molecular complexity index is 751. The molecule has 0 bridgehead atoms. The van der Waals surface area contributed by atoms with Crippen LogP contribution in [-0.2, 0) is 27.4 Å². The lowest BCUT2D eigenvalue weighted by Gasteiger charge is -2.18. The van der Waals surface area contributed by atoms with E-state index >= 15 is 0 Å². The number of rotatable bonds is 8. The average Bonchev–Trinajstić information content (AvgIpc) is 2.67. The molecule has 2 N–H and O–H groups in total. The molecule has 2 rings (SSSR count). The van der Waals surface area contributed by atoms with Crippen LogP contribution in [0.3, 0.4) is 0 Å². The van der Waals surface area contributed by atoms with Gasteiger partial charge >= 0.3 is 5.97 Å². The molecule has 1 atom stereocenters. The van der Waals surface area contributed by atoms with Gasteiger partial charge in [-0.25, -0.2) is 4.79 Å². The number of carbonyl (C=O) groups excluding carboxylic acids is 2. The first-order chi connectivity index (χ1) is 12.5. The van der Waals surface area contributed by atoms with Crippen molar-refractivity contribution in [2.45, 2.75) is 19.1 Å². The maximum atomic E-state index is 12.4. The molecule has 1 amide bonds. The van der Waals surface area contributed by atoms with E-state index in [0.29, 0.717) is 5.56 Å². The number of ether oxygens (including phenoxy) is 2. The maximum absolute atomic E-state index is 12.4. The first-order valence-electron chi connectivity index (χ1n) is 7.95. The van der Waals surface area contributed by atoms with Crippen molar-refractivity contribution < 1.29 is 24.2 Å². The van der Waals surface area contributed by atoms with Crippen LogP contribution in [0.1, 0.15) is 11.1 Å². The van der Waals surface area contributed by atoms with Crippen molar-refractivity contribution in [3.05, 3.63) is 59.7 Å². The average molecular weight is 378 g/mol. The van der Waals surface area contributed by atoms with Crippen molar-refractivity contribution >= 4 is 23.5 Å². The molecule has 0 aliphatic rings. The lowest BCUT2D eigenvalue weighted by atomic mass is 10.1. The summed E-state index contributed by atoms with van der Waals surface area (Å²) in [6.07, 6.45) is 0.174. The maximum Gasteiger partial charge on any atom is 0.329 e. The zero-order valence-electron chi connectivity index (χ0n) is 14.3. The van der Waals surface area contributed by atoms with Crippen LogP contribution >= 0.6 is 11.6 Å². The first-order valence-corrected chi connectivity index (χ1v) is 8.48.